The Morgan fingerprint density at radius 1 is 1.10 bits per heavy atom. The predicted octanol–water partition coefficient (Wildman–Crippen LogP) is 3.63. The van der Waals surface area contributed by atoms with Gasteiger partial charge >= 0.3 is 6.18 Å². The Balaban J connectivity index is 2.57. The molecular weight excluding hydrogens is 328 g/mol. The average Bonchev–Trinajstić information content (AvgIpc) is 2.82. The van der Waals surface area contributed by atoms with Gasteiger partial charge in [0, 0.05) is 0 Å². The second kappa shape index (κ2) is 5.03. The van der Waals surface area contributed by atoms with E-state index in [0.29, 0.717) is 12.1 Å². The van der Waals surface area contributed by atoms with Gasteiger partial charge in [-0.1, -0.05) is 23.2 Å². The molecule has 0 bridgehead atoms. The van der Waals surface area contributed by atoms with Crippen LogP contribution >= 0.6 is 23.2 Å². The first-order chi connectivity index (χ1) is 9.72. The summed E-state index contributed by atoms with van der Waals surface area (Å²) < 4.78 is 37.9. The molecule has 9 heteroatoms. The normalized spacial score (nSPS) is 16.2. The molecule has 0 spiro atoms. The van der Waals surface area contributed by atoms with Gasteiger partial charge in [-0.05, 0) is 12.1 Å². The standard InChI is InChI=1S/C12H3Cl2F3N4/c13-7-1-6(12(15,16)17)2-8(14)9(7)10-20-5-11(3-18,4-19)21-10/h1-2,5H. The average molecular weight is 331 g/mol. The number of rotatable bonds is 1. The number of alkyl halides is 3. The van der Waals surface area contributed by atoms with Crippen molar-refractivity contribution >= 4 is 35.3 Å². The molecule has 0 amide bonds. The van der Waals surface area contributed by atoms with Crippen LogP contribution in [0.2, 0.25) is 10.0 Å². The van der Waals surface area contributed by atoms with Gasteiger partial charge in [0.2, 0.25) is 0 Å². The lowest BCUT2D eigenvalue weighted by Crippen LogP contribution is -2.20. The molecule has 1 aliphatic rings. The minimum atomic E-state index is -4.60. The van der Waals surface area contributed by atoms with Crippen LogP contribution in [-0.2, 0) is 6.18 Å². The fourth-order valence-electron chi connectivity index (χ4n) is 1.58. The molecule has 0 radical (unpaired) electrons. The smallest absolute Gasteiger partial charge is 0.236 e. The van der Waals surface area contributed by atoms with E-state index in [2.05, 4.69) is 9.98 Å². The molecule has 106 valence electrons. The van der Waals surface area contributed by atoms with Crippen LogP contribution in [0.5, 0.6) is 0 Å². The van der Waals surface area contributed by atoms with Crippen molar-refractivity contribution in [3.63, 3.8) is 0 Å². The number of hydrogen-bond acceptors (Lipinski definition) is 4. The van der Waals surface area contributed by atoms with Crippen LogP contribution < -0.4 is 0 Å². The maximum atomic E-state index is 12.6. The van der Waals surface area contributed by atoms with E-state index in [1.54, 1.807) is 12.1 Å². The Bertz CT molecular complexity index is 716. The second-order valence-electron chi connectivity index (χ2n) is 4.00. The Morgan fingerprint density at radius 2 is 1.62 bits per heavy atom. The molecule has 0 saturated heterocycles. The van der Waals surface area contributed by atoms with Crippen LogP contribution in [0.3, 0.4) is 0 Å². The molecule has 0 atom stereocenters. The number of nitriles is 2. The van der Waals surface area contributed by atoms with Gasteiger partial charge in [-0.25, -0.2) is 9.98 Å². The molecule has 1 heterocycles. The highest BCUT2D eigenvalue weighted by atomic mass is 35.5. The minimum Gasteiger partial charge on any atom is -0.236 e. The zero-order valence-electron chi connectivity index (χ0n) is 9.91. The highest BCUT2D eigenvalue weighted by molar-refractivity contribution is 6.40. The third kappa shape index (κ3) is 2.71. The molecule has 1 aromatic rings. The van der Waals surface area contributed by atoms with Crippen molar-refractivity contribution in [1.82, 2.24) is 0 Å². The number of hydrogen-bond donors (Lipinski definition) is 0. The SMILES string of the molecule is N#CC1(C#N)C=NC(c2c(Cl)cc(C(F)(F)F)cc2Cl)=N1. The van der Waals surface area contributed by atoms with E-state index in [-0.39, 0.29) is 21.4 Å². The zero-order valence-corrected chi connectivity index (χ0v) is 11.4. The van der Waals surface area contributed by atoms with Gasteiger partial charge in [-0.2, -0.15) is 23.7 Å². The third-order valence-corrected chi connectivity index (χ3v) is 3.19. The van der Waals surface area contributed by atoms with Gasteiger partial charge in [-0.15, -0.1) is 0 Å². The van der Waals surface area contributed by atoms with Crippen molar-refractivity contribution in [3.8, 4) is 12.1 Å². The predicted molar refractivity (Wildman–Crippen MR) is 70.5 cm³/mol. The second-order valence-corrected chi connectivity index (χ2v) is 4.81. The summed E-state index contributed by atoms with van der Waals surface area (Å²) >= 11 is 11.6. The Kier molecular flexibility index (Phi) is 3.66. The van der Waals surface area contributed by atoms with Crippen LogP contribution in [0.1, 0.15) is 11.1 Å². The topological polar surface area (TPSA) is 72.3 Å². The monoisotopic (exact) mass is 330 g/mol. The number of amidine groups is 1. The van der Waals surface area contributed by atoms with Gasteiger partial charge in [0.25, 0.3) is 5.54 Å². The molecule has 0 aromatic heterocycles. The molecule has 0 unspecified atom stereocenters. The number of halogens is 5. The van der Waals surface area contributed by atoms with Gasteiger partial charge in [0.15, 0.2) is 5.84 Å². The van der Waals surface area contributed by atoms with Crippen LogP contribution in [-0.4, -0.2) is 17.6 Å². The van der Waals surface area contributed by atoms with Crippen molar-refractivity contribution in [2.45, 2.75) is 11.7 Å². The highest BCUT2D eigenvalue weighted by Gasteiger charge is 2.35. The summed E-state index contributed by atoms with van der Waals surface area (Å²) in [5.41, 5.74) is -2.89. The number of benzene rings is 1. The van der Waals surface area contributed by atoms with Crippen molar-refractivity contribution in [2.24, 2.45) is 9.98 Å². The fraction of sp³-hybridized carbons (Fsp3) is 0.167. The summed E-state index contributed by atoms with van der Waals surface area (Å²) in [6, 6.07) is 4.63. The van der Waals surface area contributed by atoms with E-state index < -0.39 is 17.3 Å². The molecular formula is C12H3Cl2F3N4. The van der Waals surface area contributed by atoms with Gasteiger partial charge in [0.05, 0.1) is 27.4 Å². The summed E-state index contributed by atoms with van der Waals surface area (Å²) in [6.45, 7) is 0. The minimum absolute atomic E-state index is 0.0602. The maximum Gasteiger partial charge on any atom is 0.416 e. The van der Waals surface area contributed by atoms with Gasteiger partial charge < -0.3 is 0 Å². The molecule has 2 rings (SSSR count). The van der Waals surface area contributed by atoms with Gasteiger partial charge in [-0.3, -0.25) is 0 Å². The van der Waals surface area contributed by atoms with Crippen LogP contribution in [0.4, 0.5) is 13.2 Å². The lowest BCUT2D eigenvalue weighted by atomic mass is 10.1. The first kappa shape index (κ1) is 15.3. The molecule has 21 heavy (non-hydrogen) atoms. The third-order valence-electron chi connectivity index (χ3n) is 2.59. The highest BCUT2D eigenvalue weighted by Crippen LogP contribution is 2.37. The first-order valence-corrected chi connectivity index (χ1v) is 6.02. The summed E-state index contributed by atoms with van der Waals surface area (Å²) in [7, 11) is 0. The maximum absolute atomic E-state index is 12.6. The van der Waals surface area contributed by atoms with Crippen LogP contribution in [0.15, 0.2) is 22.1 Å². The molecule has 1 aliphatic heterocycles. The zero-order chi connectivity index (χ0) is 15.8. The molecule has 0 saturated carbocycles. The Labute approximate surface area is 126 Å². The lowest BCUT2D eigenvalue weighted by molar-refractivity contribution is -0.137. The van der Waals surface area contributed by atoms with Gasteiger partial charge in [0.1, 0.15) is 12.1 Å². The van der Waals surface area contributed by atoms with Crippen molar-refractivity contribution in [3.05, 3.63) is 33.3 Å². The number of aliphatic imine (C=N–C) groups is 2. The fourth-order valence-corrected chi connectivity index (χ4v) is 2.24. The molecule has 1 aromatic carbocycles. The van der Waals surface area contributed by atoms with Crippen molar-refractivity contribution in [2.75, 3.05) is 0 Å². The largest absolute Gasteiger partial charge is 0.416 e. The van der Waals surface area contributed by atoms with E-state index >= 15 is 0 Å². The van der Waals surface area contributed by atoms with E-state index in [1.807, 2.05) is 0 Å². The van der Waals surface area contributed by atoms with Crippen molar-refractivity contribution < 1.29 is 13.2 Å². The first-order valence-electron chi connectivity index (χ1n) is 5.26. The molecule has 0 fully saturated rings. The van der Waals surface area contributed by atoms with Crippen LogP contribution in [0.25, 0.3) is 0 Å². The molecule has 0 N–H and O–H groups in total. The van der Waals surface area contributed by atoms with Crippen LogP contribution in [0, 0.1) is 22.7 Å². The Morgan fingerprint density at radius 3 is 2.00 bits per heavy atom. The van der Waals surface area contributed by atoms with Crippen molar-refractivity contribution in [1.29, 1.82) is 10.5 Å². The molecule has 4 nitrogen and oxygen atoms in total. The van der Waals surface area contributed by atoms with E-state index in [0.717, 1.165) is 6.21 Å². The lowest BCUT2D eigenvalue weighted by Gasteiger charge is -2.11. The van der Waals surface area contributed by atoms with E-state index in [9.17, 15) is 13.2 Å². The van der Waals surface area contributed by atoms with E-state index in [1.165, 1.54) is 0 Å². The summed E-state index contributed by atoms with van der Waals surface area (Å²) in [4.78, 5) is 7.51. The summed E-state index contributed by atoms with van der Waals surface area (Å²) in [6.07, 6.45) is -3.62. The summed E-state index contributed by atoms with van der Waals surface area (Å²) in [5, 5.41) is 17.1. The van der Waals surface area contributed by atoms with E-state index in [4.69, 9.17) is 33.7 Å². The molecule has 0 aliphatic carbocycles. The summed E-state index contributed by atoms with van der Waals surface area (Å²) in [5.74, 6) is -0.165. The number of nitrogens with zero attached hydrogens (tertiary/aromatic N) is 4. The Hall–Kier alpha value is -2.09. The quantitative estimate of drug-likeness (QED) is 0.788.